The average Bonchev–Trinajstić information content (AvgIpc) is 3.19. The van der Waals surface area contributed by atoms with Gasteiger partial charge in [0, 0.05) is 5.69 Å². The first-order chi connectivity index (χ1) is 15.4. The smallest absolute Gasteiger partial charge is 0.324 e. The summed E-state index contributed by atoms with van der Waals surface area (Å²) in [6, 6.07) is 14.5. The molecule has 9 heteroatoms. The van der Waals surface area contributed by atoms with Crippen LogP contribution in [0, 0.1) is 13.8 Å². The Morgan fingerprint density at radius 3 is 2.59 bits per heavy atom. The first-order valence-corrected chi connectivity index (χ1v) is 11.9. The number of fused-ring (bicyclic) bond motifs is 1. The fourth-order valence-electron chi connectivity index (χ4n) is 3.35. The van der Waals surface area contributed by atoms with E-state index >= 15 is 0 Å². The Morgan fingerprint density at radius 2 is 1.88 bits per heavy atom. The van der Waals surface area contributed by atoms with Gasteiger partial charge < -0.3 is 5.32 Å². The maximum atomic E-state index is 13.4. The third kappa shape index (κ3) is 4.26. The number of hydrogen-bond donors (Lipinski definition) is 1. The quantitative estimate of drug-likeness (QED) is 0.435. The number of aryl methyl sites for hydroxylation is 2. The van der Waals surface area contributed by atoms with Gasteiger partial charge in [-0.25, -0.2) is 14.3 Å². The van der Waals surface area contributed by atoms with E-state index in [0.717, 1.165) is 21.4 Å². The molecule has 2 heterocycles. The zero-order valence-electron chi connectivity index (χ0n) is 17.9. The molecule has 0 saturated carbocycles. The third-order valence-corrected chi connectivity index (χ3v) is 6.97. The van der Waals surface area contributed by atoms with Crippen LogP contribution in [0.5, 0.6) is 0 Å². The largest absolute Gasteiger partial charge is 0.337 e. The Balaban J connectivity index is 1.83. The molecule has 164 valence electrons. The van der Waals surface area contributed by atoms with Gasteiger partial charge in [0.1, 0.15) is 11.2 Å². The maximum Gasteiger partial charge on any atom is 0.337 e. The Kier molecular flexibility index (Phi) is 6.29. The van der Waals surface area contributed by atoms with E-state index in [9.17, 15) is 14.4 Å². The van der Waals surface area contributed by atoms with Crippen LogP contribution >= 0.6 is 23.1 Å². The minimum Gasteiger partial charge on any atom is -0.324 e. The number of rotatable bonds is 6. The van der Waals surface area contributed by atoms with Crippen LogP contribution in [0.2, 0.25) is 0 Å². The number of thiazole rings is 1. The number of amides is 1. The number of nitrogens with zero attached hydrogens (tertiary/aromatic N) is 3. The summed E-state index contributed by atoms with van der Waals surface area (Å²) in [6.07, 6.45) is 0. The standard InChI is InChI=1S/C23H22N4O3S2/c1-4-31-22-25-20-19(32-22)21(29)27(16-8-6-5-7-9-16)23(30)26(20)13-18(28)24-17-12-14(2)10-11-15(17)3/h5-12H,4,13H2,1-3H3,(H,24,28). The molecule has 0 radical (unpaired) electrons. The Morgan fingerprint density at radius 1 is 1.12 bits per heavy atom. The van der Waals surface area contributed by atoms with E-state index in [0.29, 0.717) is 20.4 Å². The molecule has 0 spiro atoms. The second kappa shape index (κ2) is 9.13. The Hall–Kier alpha value is -3.17. The van der Waals surface area contributed by atoms with Crippen molar-refractivity contribution < 1.29 is 4.79 Å². The van der Waals surface area contributed by atoms with Crippen molar-refractivity contribution in [1.29, 1.82) is 0 Å². The van der Waals surface area contributed by atoms with Crippen LogP contribution in [-0.2, 0) is 11.3 Å². The molecular formula is C23H22N4O3S2. The molecule has 2 aromatic heterocycles. The normalized spacial score (nSPS) is 11.1. The van der Waals surface area contributed by atoms with Gasteiger partial charge in [0.15, 0.2) is 9.99 Å². The van der Waals surface area contributed by atoms with Gasteiger partial charge in [0.25, 0.3) is 5.56 Å². The number of carbonyl (C=O) groups excluding carboxylic acids is 1. The van der Waals surface area contributed by atoms with Crippen molar-refractivity contribution in [2.24, 2.45) is 0 Å². The summed E-state index contributed by atoms with van der Waals surface area (Å²) in [5, 5.41) is 2.88. The molecule has 0 bridgehead atoms. The number of benzene rings is 2. The molecule has 2 aromatic carbocycles. The number of aromatic nitrogens is 3. The van der Waals surface area contributed by atoms with Crippen LogP contribution < -0.4 is 16.6 Å². The van der Waals surface area contributed by atoms with Gasteiger partial charge >= 0.3 is 5.69 Å². The lowest BCUT2D eigenvalue weighted by atomic mass is 10.1. The molecule has 0 atom stereocenters. The van der Waals surface area contributed by atoms with E-state index in [1.54, 1.807) is 24.3 Å². The highest BCUT2D eigenvalue weighted by Gasteiger charge is 2.20. The summed E-state index contributed by atoms with van der Waals surface area (Å²) in [6.45, 7) is 5.59. The van der Waals surface area contributed by atoms with Gasteiger partial charge in [-0.05, 0) is 48.9 Å². The number of hydrogen-bond acceptors (Lipinski definition) is 6. The third-order valence-electron chi connectivity index (χ3n) is 4.92. The average molecular weight is 467 g/mol. The van der Waals surface area contributed by atoms with Crippen LogP contribution in [0.3, 0.4) is 0 Å². The molecule has 0 aliphatic rings. The SMILES string of the molecule is CCSc1nc2c(s1)c(=O)n(-c1ccccc1)c(=O)n2CC(=O)Nc1cc(C)ccc1C. The van der Waals surface area contributed by atoms with Crippen LogP contribution in [0.25, 0.3) is 16.0 Å². The van der Waals surface area contributed by atoms with E-state index in [4.69, 9.17) is 0 Å². The topological polar surface area (TPSA) is 86.0 Å². The molecule has 0 aliphatic carbocycles. The van der Waals surface area contributed by atoms with E-state index in [1.165, 1.54) is 27.7 Å². The minimum atomic E-state index is -0.594. The summed E-state index contributed by atoms with van der Waals surface area (Å²) in [5.74, 6) is 0.419. The zero-order valence-corrected chi connectivity index (χ0v) is 19.5. The summed E-state index contributed by atoms with van der Waals surface area (Å²) < 4.78 is 3.42. The molecule has 0 saturated heterocycles. The highest BCUT2D eigenvalue weighted by molar-refractivity contribution is 8.01. The van der Waals surface area contributed by atoms with Gasteiger partial charge in [-0.1, -0.05) is 49.0 Å². The van der Waals surface area contributed by atoms with Crippen molar-refractivity contribution in [2.45, 2.75) is 31.7 Å². The lowest BCUT2D eigenvalue weighted by Crippen LogP contribution is -2.40. The van der Waals surface area contributed by atoms with Gasteiger partial charge in [-0.3, -0.25) is 14.2 Å². The summed E-state index contributed by atoms with van der Waals surface area (Å²) in [5.41, 5.74) is 2.30. The van der Waals surface area contributed by atoms with E-state index < -0.39 is 11.2 Å². The molecule has 0 unspecified atom stereocenters. The fraction of sp³-hybridized carbons (Fsp3) is 0.217. The maximum absolute atomic E-state index is 13.4. The lowest BCUT2D eigenvalue weighted by Gasteiger charge is -2.13. The molecule has 0 fully saturated rings. The molecule has 0 aliphatic heterocycles. The van der Waals surface area contributed by atoms with Crippen molar-refractivity contribution in [2.75, 3.05) is 11.1 Å². The summed E-state index contributed by atoms with van der Waals surface area (Å²) in [7, 11) is 0. The van der Waals surface area contributed by atoms with Crippen LogP contribution in [0.15, 0.2) is 62.5 Å². The Labute approximate surface area is 192 Å². The van der Waals surface area contributed by atoms with Crippen molar-refractivity contribution in [1.82, 2.24) is 14.1 Å². The highest BCUT2D eigenvalue weighted by atomic mass is 32.2. The second-order valence-electron chi connectivity index (χ2n) is 7.28. The fourth-order valence-corrected chi connectivity index (χ4v) is 5.32. The number of anilines is 1. The van der Waals surface area contributed by atoms with E-state index in [-0.39, 0.29) is 18.1 Å². The Bertz CT molecular complexity index is 1420. The number of para-hydroxylation sites is 1. The minimum absolute atomic E-state index is 0.240. The first kappa shape index (κ1) is 22.0. The summed E-state index contributed by atoms with van der Waals surface area (Å²) >= 11 is 2.74. The van der Waals surface area contributed by atoms with Gasteiger partial charge in [0.05, 0.1) is 5.69 Å². The van der Waals surface area contributed by atoms with Crippen molar-refractivity contribution in [3.63, 3.8) is 0 Å². The number of carbonyl (C=O) groups is 1. The van der Waals surface area contributed by atoms with Crippen molar-refractivity contribution in [3.8, 4) is 5.69 Å². The monoisotopic (exact) mass is 466 g/mol. The van der Waals surface area contributed by atoms with E-state index in [1.807, 2.05) is 45.0 Å². The lowest BCUT2D eigenvalue weighted by molar-refractivity contribution is -0.116. The zero-order chi connectivity index (χ0) is 22.8. The van der Waals surface area contributed by atoms with Crippen LogP contribution in [0.4, 0.5) is 5.69 Å². The molecular weight excluding hydrogens is 444 g/mol. The van der Waals surface area contributed by atoms with Crippen molar-refractivity contribution >= 4 is 45.0 Å². The molecule has 7 nitrogen and oxygen atoms in total. The van der Waals surface area contributed by atoms with Gasteiger partial charge in [0.2, 0.25) is 5.91 Å². The predicted octanol–water partition coefficient (Wildman–Crippen LogP) is 3.98. The van der Waals surface area contributed by atoms with Gasteiger partial charge in [-0.2, -0.15) is 0 Å². The summed E-state index contributed by atoms with van der Waals surface area (Å²) in [4.78, 5) is 44.0. The second-order valence-corrected chi connectivity index (χ2v) is 9.79. The molecule has 32 heavy (non-hydrogen) atoms. The predicted molar refractivity (Wildman–Crippen MR) is 130 cm³/mol. The van der Waals surface area contributed by atoms with Crippen molar-refractivity contribution in [3.05, 3.63) is 80.5 Å². The molecule has 4 aromatic rings. The first-order valence-electron chi connectivity index (χ1n) is 10.1. The van der Waals surface area contributed by atoms with Crippen LogP contribution in [0.1, 0.15) is 18.1 Å². The van der Waals surface area contributed by atoms with Gasteiger partial charge in [-0.15, -0.1) is 11.3 Å². The molecule has 4 rings (SSSR count). The number of nitrogens with one attached hydrogen (secondary N) is 1. The van der Waals surface area contributed by atoms with E-state index in [2.05, 4.69) is 10.3 Å². The highest BCUT2D eigenvalue weighted by Crippen LogP contribution is 2.27. The molecule has 1 N–H and O–H groups in total. The van der Waals surface area contributed by atoms with Crippen LogP contribution in [-0.4, -0.2) is 25.8 Å². The molecule has 1 amide bonds. The number of thioether (sulfide) groups is 1.